The Bertz CT molecular complexity index is 969. The van der Waals surface area contributed by atoms with Gasteiger partial charge in [-0.2, -0.15) is 0 Å². The quantitative estimate of drug-likeness (QED) is 0.554. The van der Waals surface area contributed by atoms with Crippen molar-refractivity contribution in [1.29, 1.82) is 0 Å². The van der Waals surface area contributed by atoms with E-state index >= 15 is 0 Å². The number of urea groups is 1. The molecule has 6 aliphatic rings. The zero-order valence-electron chi connectivity index (χ0n) is 24.6. The van der Waals surface area contributed by atoms with Crippen LogP contribution in [-0.4, -0.2) is 78.1 Å². The molecule has 12 atom stereocenters. The van der Waals surface area contributed by atoms with Crippen LogP contribution in [0.25, 0.3) is 0 Å². The van der Waals surface area contributed by atoms with E-state index in [2.05, 4.69) is 34.6 Å². The molecule has 2 spiro atoms. The molecule has 37 heavy (non-hydrogen) atoms. The van der Waals surface area contributed by atoms with Crippen LogP contribution in [-0.2, 0) is 4.74 Å². The van der Waals surface area contributed by atoms with Gasteiger partial charge in [0.05, 0.1) is 24.4 Å². The number of hydrogen-bond donors (Lipinski definition) is 2. The third-order valence-corrected chi connectivity index (χ3v) is 14.0. The predicted molar refractivity (Wildman–Crippen MR) is 144 cm³/mol. The summed E-state index contributed by atoms with van der Waals surface area (Å²) in [5.41, 5.74) is 0.572. The van der Waals surface area contributed by atoms with Crippen molar-refractivity contribution in [2.24, 2.45) is 50.7 Å². The van der Waals surface area contributed by atoms with Crippen LogP contribution >= 0.6 is 0 Å². The van der Waals surface area contributed by atoms with Gasteiger partial charge in [-0.15, -0.1) is 0 Å². The first-order valence-corrected chi connectivity index (χ1v) is 15.1. The normalized spacial score (nSPS) is 55.2. The maximum atomic E-state index is 12.5. The lowest BCUT2D eigenvalue weighted by atomic mass is 9.41. The Balaban J connectivity index is 1.30. The third-order valence-electron chi connectivity index (χ3n) is 14.0. The van der Waals surface area contributed by atoms with E-state index in [1.165, 1.54) is 32.1 Å². The Hall–Kier alpha value is -0.850. The van der Waals surface area contributed by atoms with Crippen LogP contribution in [0.15, 0.2) is 0 Å². The molecule has 1 heterocycles. The molecule has 2 N–H and O–H groups in total. The summed E-state index contributed by atoms with van der Waals surface area (Å²) in [6, 6.07) is -0.00352. The lowest BCUT2D eigenvalue weighted by molar-refractivity contribution is -0.182. The summed E-state index contributed by atoms with van der Waals surface area (Å²) in [5.74, 6) is 1.93. The number of aliphatic hydroxyl groups excluding tert-OH is 2. The first kappa shape index (κ1) is 26.4. The Morgan fingerprint density at radius 3 is 2.27 bits per heavy atom. The number of carbonyl (C=O) groups excluding carboxylic acids is 1. The molecular formula is C31H52N2O4. The second-order valence-electron chi connectivity index (χ2n) is 15.7. The van der Waals surface area contributed by atoms with Crippen LogP contribution < -0.4 is 0 Å². The van der Waals surface area contributed by atoms with Gasteiger partial charge in [0.1, 0.15) is 0 Å². The van der Waals surface area contributed by atoms with Crippen LogP contribution in [0.5, 0.6) is 0 Å². The van der Waals surface area contributed by atoms with E-state index in [4.69, 9.17) is 4.74 Å². The smallest absolute Gasteiger partial charge is 0.319 e. The fraction of sp³-hybridized carbons (Fsp3) is 0.968. The number of ether oxygens (including phenoxy) is 1. The van der Waals surface area contributed by atoms with E-state index < -0.39 is 6.10 Å². The first-order chi connectivity index (χ1) is 17.2. The zero-order valence-corrected chi connectivity index (χ0v) is 24.6. The summed E-state index contributed by atoms with van der Waals surface area (Å²) in [5, 5.41) is 23.2. The molecule has 0 bridgehead atoms. The molecule has 6 heteroatoms. The molecule has 1 aliphatic heterocycles. The van der Waals surface area contributed by atoms with Crippen LogP contribution in [0.1, 0.15) is 86.0 Å². The average molecular weight is 517 g/mol. The molecule has 0 aromatic carbocycles. The molecule has 1 saturated heterocycles. The molecule has 0 aromatic heterocycles. The Kier molecular flexibility index (Phi) is 5.61. The highest BCUT2D eigenvalue weighted by atomic mass is 16.5. The number of aliphatic hydroxyl groups is 2. The first-order valence-electron chi connectivity index (χ1n) is 15.1. The van der Waals surface area contributed by atoms with Gasteiger partial charge in [0.15, 0.2) is 0 Å². The Morgan fingerprint density at radius 2 is 1.59 bits per heavy atom. The minimum Gasteiger partial charge on any atom is -0.393 e. The van der Waals surface area contributed by atoms with Crippen molar-refractivity contribution in [3.63, 3.8) is 0 Å². The molecule has 5 saturated carbocycles. The fourth-order valence-electron chi connectivity index (χ4n) is 12.2. The van der Waals surface area contributed by atoms with Crippen molar-refractivity contribution in [3.05, 3.63) is 0 Å². The van der Waals surface area contributed by atoms with Crippen molar-refractivity contribution in [2.75, 3.05) is 27.7 Å². The number of nitrogens with zero attached hydrogens (tertiary/aromatic N) is 2. The highest BCUT2D eigenvalue weighted by molar-refractivity contribution is 5.73. The van der Waals surface area contributed by atoms with Gasteiger partial charge in [0, 0.05) is 33.1 Å². The fourth-order valence-corrected chi connectivity index (χ4v) is 12.2. The van der Waals surface area contributed by atoms with Crippen LogP contribution in [0, 0.1) is 50.7 Å². The summed E-state index contributed by atoms with van der Waals surface area (Å²) < 4.78 is 6.80. The summed E-state index contributed by atoms with van der Waals surface area (Å²) in [6.45, 7) is 12.5. The number of hydrogen-bond acceptors (Lipinski definition) is 4. The molecule has 0 radical (unpaired) electrons. The van der Waals surface area contributed by atoms with E-state index in [0.29, 0.717) is 41.0 Å². The summed E-state index contributed by atoms with van der Waals surface area (Å²) in [6.07, 6.45) is 8.29. The Morgan fingerprint density at radius 1 is 0.946 bits per heavy atom. The minimum atomic E-state index is -0.471. The zero-order chi connectivity index (χ0) is 26.9. The van der Waals surface area contributed by atoms with Crippen LogP contribution in [0.2, 0.25) is 0 Å². The topological polar surface area (TPSA) is 73.2 Å². The van der Waals surface area contributed by atoms with Gasteiger partial charge in [-0.05, 0) is 96.7 Å². The van der Waals surface area contributed by atoms with Crippen molar-refractivity contribution >= 4 is 6.03 Å². The average Bonchev–Trinajstić information content (AvgIpc) is 3.46. The standard InChI is InChI=1S/C31H52N2O4/c1-18-15-19(16-33(8)26(36)32(6)7)37-24-23(18)28(4)13-14-31-17-30(31)12-11-22(34)27(2,3)20(30)9-10-21(31)29(28,5)25(24)35/h18-25,34-35H,9-17H2,1-8H3/t18-,19?,20+,21?,22+,23+,24?,25+,28-,29-,30-,31?/m1/s1. The molecule has 4 unspecified atom stereocenters. The highest BCUT2D eigenvalue weighted by Gasteiger charge is 2.84. The highest BCUT2D eigenvalue weighted by Crippen LogP contribution is 2.89. The molecule has 6 fully saturated rings. The van der Waals surface area contributed by atoms with Gasteiger partial charge in [0.25, 0.3) is 0 Å². The lowest BCUT2D eigenvalue weighted by Gasteiger charge is -2.63. The minimum absolute atomic E-state index is 0.00352. The van der Waals surface area contributed by atoms with E-state index in [9.17, 15) is 15.0 Å². The molecule has 6 rings (SSSR count). The molecule has 5 aliphatic carbocycles. The number of likely N-dealkylation sites (N-methyl/N-ethyl adjacent to an activating group) is 1. The molecule has 0 aromatic rings. The molecule has 2 amide bonds. The van der Waals surface area contributed by atoms with Gasteiger partial charge in [-0.3, -0.25) is 0 Å². The number of carbonyl (C=O) groups is 1. The summed E-state index contributed by atoms with van der Waals surface area (Å²) in [4.78, 5) is 15.9. The molecule has 210 valence electrons. The second kappa shape index (κ2) is 7.87. The molecule has 6 nitrogen and oxygen atoms in total. The van der Waals surface area contributed by atoms with E-state index in [1.54, 1.807) is 23.9 Å². The van der Waals surface area contributed by atoms with Crippen molar-refractivity contribution in [2.45, 2.75) is 110 Å². The van der Waals surface area contributed by atoms with Gasteiger partial charge < -0.3 is 24.7 Å². The van der Waals surface area contributed by atoms with Gasteiger partial charge >= 0.3 is 6.03 Å². The van der Waals surface area contributed by atoms with E-state index in [-0.39, 0.29) is 40.6 Å². The molecular weight excluding hydrogens is 464 g/mol. The summed E-state index contributed by atoms with van der Waals surface area (Å²) in [7, 11) is 5.43. The number of amides is 2. The largest absolute Gasteiger partial charge is 0.393 e. The van der Waals surface area contributed by atoms with Gasteiger partial charge in [-0.25, -0.2) is 4.79 Å². The SMILES string of the molecule is C[C@@H]1CC(CN(C)C(=O)N(C)C)OC2[C@H]1[C@@]1(C)CCC34C[C@@]35CC[C@H](O)C(C)(C)[C@@H]5CCC4[C@]1(C)[C@H]2O. The maximum absolute atomic E-state index is 12.5. The Labute approximate surface area is 224 Å². The van der Waals surface area contributed by atoms with Crippen molar-refractivity contribution in [3.8, 4) is 0 Å². The van der Waals surface area contributed by atoms with Crippen LogP contribution in [0.4, 0.5) is 4.79 Å². The predicted octanol–water partition coefficient (Wildman–Crippen LogP) is 4.77. The van der Waals surface area contributed by atoms with Crippen molar-refractivity contribution < 1.29 is 19.7 Å². The number of rotatable bonds is 2. The van der Waals surface area contributed by atoms with Crippen molar-refractivity contribution in [1.82, 2.24) is 9.80 Å². The summed E-state index contributed by atoms with van der Waals surface area (Å²) >= 11 is 0. The monoisotopic (exact) mass is 516 g/mol. The van der Waals surface area contributed by atoms with Gasteiger partial charge in [-0.1, -0.05) is 34.6 Å². The second-order valence-corrected chi connectivity index (χ2v) is 15.7. The van der Waals surface area contributed by atoms with E-state index in [0.717, 1.165) is 19.3 Å². The van der Waals surface area contributed by atoms with Crippen LogP contribution in [0.3, 0.4) is 0 Å². The number of fused-ring (bicyclic) bond motifs is 4. The van der Waals surface area contributed by atoms with Gasteiger partial charge in [0.2, 0.25) is 0 Å². The maximum Gasteiger partial charge on any atom is 0.319 e. The lowest BCUT2D eigenvalue weighted by Crippen LogP contribution is -2.59. The third kappa shape index (κ3) is 3.02. The van der Waals surface area contributed by atoms with E-state index in [1.807, 2.05) is 7.05 Å².